The maximum absolute atomic E-state index is 13.2. The zero-order valence-electron chi connectivity index (χ0n) is 69.8. The van der Waals surface area contributed by atoms with Crippen LogP contribution in [0.25, 0.3) is 0 Å². The van der Waals surface area contributed by atoms with Crippen molar-refractivity contribution in [2.45, 2.75) is 53.9 Å². The van der Waals surface area contributed by atoms with E-state index in [9.17, 15) is 62.6 Å². The summed E-state index contributed by atoms with van der Waals surface area (Å²) in [6.45, 7) is 11.7. The average Bonchev–Trinajstić information content (AvgIpc) is 1.60. The zero-order chi connectivity index (χ0) is 89.8. The summed E-state index contributed by atoms with van der Waals surface area (Å²) in [4.78, 5) is 152. The van der Waals surface area contributed by atoms with E-state index in [1.165, 1.54) is 42.5 Å². The van der Waals surface area contributed by atoms with E-state index in [1.54, 1.807) is 160 Å². The summed E-state index contributed by atoms with van der Waals surface area (Å²) in [5.74, 6) is -0.773. The number of likely N-dealkylation sites (tertiary alicyclic amines) is 1. The molecular formula is C93H86ClN5Na2O24S2. The number of hydrogen-bond acceptors (Lipinski definition) is 29. The van der Waals surface area contributed by atoms with Gasteiger partial charge in [0.2, 0.25) is 35.7 Å². The van der Waals surface area contributed by atoms with Gasteiger partial charge >= 0.3 is 80.3 Å². The molecule has 0 aromatic heterocycles. The SMILES string of the molecule is C.CCN(CC)C1=CC(=O)c2ccccc2C1=O.COCCCC1=C(Cl)C(=O)c2ccccc2C1=O.COCCNC1=CC(=O)c2c[c-]c[c-]c2C1=O.COCCNC1=CC(=O)c2cc3c(cc2C1=O)OCO3.Cc1ccc(N(C2=CC(=O)c3ccccc3C2=O)c2ccc(O)cc2)cc1.O=C1C=C(N2CCCC2)C(=O)c2ccccc21.O=S(=O)=O.O=S(=O)=O.[Na+].[Na+]. The number of hydrogen-bond donors (Lipinski definition) is 3. The molecule has 6 aliphatic carbocycles. The van der Waals surface area contributed by atoms with Gasteiger partial charge in [0, 0.05) is 164 Å². The number of ether oxygens (including phenoxy) is 5. The first-order valence-electron chi connectivity index (χ1n) is 38.4. The molecule has 0 amide bonds. The number of halogens is 1. The number of allylic oxidation sites excluding steroid dienone is 12. The second-order valence-corrected chi connectivity index (χ2v) is 28.5. The van der Waals surface area contributed by atoms with Crippen molar-refractivity contribution < 1.29 is 171 Å². The van der Waals surface area contributed by atoms with E-state index in [0.717, 1.165) is 50.3 Å². The molecule has 1 fully saturated rings. The quantitative estimate of drug-likeness (QED) is 0.0444. The molecule has 34 heteroatoms. The molecule has 29 nitrogen and oxygen atoms in total. The molecule has 8 aromatic rings. The number of likely N-dealkylation sites (N-methyl/N-ethyl adjacent to an activating group) is 1. The molecule has 8 aromatic carbocycles. The fourth-order valence-electron chi connectivity index (χ4n) is 13.6. The number of anilines is 2. The van der Waals surface area contributed by atoms with Gasteiger partial charge in [0.15, 0.2) is 46.2 Å². The van der Waals surface area contributed by atoms with Crippen LogP contribution in [-0.4, -0.2) is 197 Å². The van der Waals surface area contributed by atoms with E-state index >= 15 is 0 Å². The van der Waals surface area contributed by atoms with Crippen molar-refractivity contribution in [3.63, 3.8) is 0 Å². The van der Waals surface area contributed by atoms with Gasteiger partial charge in [-0.25, -0.2) is 0 Å². The van der Waals surface area contributed by atoms with Crippen LogP contribution in [0, 0.1) is 19.1 Å². The molecule has 127 heavy (non-hydrogen) atoms. The van der Waals surface area contributed by atoms with Gasteiger partial charge in [-0.15, -0.1) is 25.3 Å². The number of nitrogens with one attached hydrogen (secondary N) is 2. The third-order valence-corrected chi connectivity index (χ3v) is 19.9. The first kappa shape index (κ1) is 104. The summed E-state index contributed by atoms with van der Waals surface area (Å²) < 4.78 is 75.8. The Labute approximate surface area is 785 Å². The number of ketones is 12. The van der Waals surface area contributed by atoms with Crippen LogP contribution in [0.3, 0.4) is 0 Å². The number of aromatic hydroxyl groups is 1. The van der Waals surface area contributed by atoms with Gasteiger partial charge in [0.25, 0.3) is 0 Å². The van der Waals surface area contributed by atoms with Crippen LogP contribution in [-0.2, 0) is 35.4 Å². The number of fused-ring (bicyclic) bond motifs is 7. The van der Waals surface area contributed by atoms with Crippen LogP contribution in [0.4, 0.5) is 11.4 Å². The van der Waals surface area contributed by atoms with Gasteiger partial charge in [0.1, 0.15) is 5.75 Å². The van der Waals surface area contributed by atoms with Gasteiger partial charge in [-0.1, -0.05) is 134 Å². The molecular weight excluding hydrogens is 1720 g/mol. The van der Waals surface area contributed by atoms with Gasteiger partial charge in [-0.3, -0.25) is 58.8 Å². The van der Waals surface area contributed by atoms with E-state index in [-0.39, 0.29) is 165 Å². The third-order valence-electron chi connectivity index (χ3n) is 19.5. The predicted molar refractivity (Wildman–Crippen MR) is 460 cm³/mol. The number of rotatable bonds is 19. The third kappa shape index (κ3) is 26.8. The van der Waals surface area contributed by atoms with Gasteiger partial charge < -0.3 is 77.1 Å². The molecule has 3 N–H and O–H groups in total. The number of phenols is 1. The normalized spacial score (nSPS) is 14.2. The number of nitrogens with zero attached hydrogens (tertiary/aromatic N) is 3. The zero-order valence-corrected chi connectivity index (χ0v) is 76.2. The molecule has 2 heterocycles. The molecule has 1 saturated heterocycles. The second kappa shape index (κ2) is 50.4. The Morgan fingerprint density at radius 1 is 0.472 bits per heavy atom. The second-order valence-electron chi connectivity index (χ2n) is 27.3. The molecule has 0 unspecified atom stereocenters. The van der Waals surface area contributed by atoms with Gasteiger partial charge in [0.05, 0.1) is 52.5 Å². The molecule has 0 spiro atoms. The number of Topliss-reactive ketones (excluding diaryl/α,β-unsaturated/α-hetero) is 7. The Bertz CT molecular complexity index is 5810. The van der Waals surface area contributed by atoms with Crippen LogP contribution in [0.5, 0.6) is 17.2 Å². The number of carbonyl (C=O) groups excluding carboxylic acids is 12. The van der Waals surface area contributed by atoms with E-state index in [2.05, 4.69) is 22.8 Å². The van der Waals surface area contributed by atoms with Crippen LogP contribution >= 0.6 is 11.6 Å². The predicted octanol–water partition coefficient (Wildman–Crippen LogP) is 6.46. The van der Waals surface area contributed by atoms with E-state index in [4.69, 9.17) is 60.5 Å². The Morgan fingerprint density at radius 3 is 1.35 bits per heavy atom. The standard InChI is InChI=1S/C23H17NO3.C14H13ClO3.C14H13NO5.C14H13NO2.C14H15NO2.C13H11NO3.CH4.2Na.2O3S/c1-15-6-8-16(9-7-15)24(17-10-12-18(25)13-11-17)21-14-22(26)19-4-2-3-5-20(19)23(21)27;1-18-8-4-7-11-12(15)14(17)10-6-3-2-5-9(10)13(11)16;1-18-3-2-15-10-6-11(16)8-4-12-13(20-7-19-12)5-9(8)14(10)17;16-13-9-12(15-7-3-4-8-15)14(17)11-6-2-1-5-10(11)13;1-3-15(4-2)12-9-13(16)10-7-5-6-8-11(10)14(12)17;1-17-7-6-14-11-8-12(15)9-4-2-3-5-10(9)13(11)16;;;;2*1-4(2)3/h2-14,25H,1H3;2-3,5-6H,4,7-8H2,1H3;4-6,15H,2-3,7H2,1H3;1-2,5-6,9H,3-4,7-8H2;5-9H,3-4H2,1-2H3;3-4,8,14H,6-7H2,1H3;1H4;;;;/q;;;;;-2;;2*+1;;. The van der Waals surface area contributed by atoms with E-state index < -0.39 is 21.2 Å². The van der Waals surface area contributed by atoms with Crippen LogP contribution < -0.4 is 84.1 Å². The number of carbonyl (C=O) groups is 12. The van der Waals surface area contributed by atoms with Gasteiger partial charge in [-0.2, -0.15) is 11.1 Å². The minimum Gasteiger partial charge on any atom is -0.508 e. The largest absolute Gasteiger partial charge is 1.00 e. The number of aryl methyl sites for hydroxylation is 1. The Kier molecular flexibility index (Phi) is 41.2. The number of methoxy groups -OCH3 is 3. The smallest absolute Gasteiger partial charge is 0.508 e. The molecule has 648 valence electrons. The molecule has 0 radical (unpaired) electrons. The van der Waals surface area contributed by atoms with Crippen molar-refractivity contribution in [1.82, 2.24) is 20.4 Å². The van der Waals surface area contributed by atoms with Crippen molar-refractivity contribution in [3.05, 3.63) is 324 Å². The topological polar surface area (TPSA) is 407 Å². The molecule has 8 aliphatic rings. The first-order chi connectivity index (χ1) is 59.6. The van der Waals surface area contributed by atoms with Crippen LogP contribution in [0.15, 0.2) is 239 Å². The van der Waals surface area contributed by atoms with Crippen molar-refractivity contribution in [2.75, 3.05) is 92.1 Å². The summed E-state index contributed by atoms with van der Waals surface area (Å²) in [6, 6.07) is 53.5. The summed E-state index contributed by atoms with van der Waals surface area (Å²) in [7, 11) is -1.48. The Hall–Kier alpha value is -12.0. The monoisotopic (exact) mass is 1800 g/mol. The summed E-state index contributed by atoms with van der Waals surface area (Å²) >= 11 is 6.00. The molecule has 0 bridgehead atoms. The van der Waals surface area contributed by atoms with E-state index in [0.29, 0.717) is 152 Å². The van der Waals surface area contributed by atoms with Crippen LogP contribution in [0.2, 0.25) is 0 Å². The average molecular weight is 1800 g/mol. The Morgan fingerprint density at radius 2 is 0.874 bits per heavy atom. The van der Waals surface area contributed by atoms with Crippen molar-refractivity contribution in [2.24, 2.45) is 0 Å². The minimum absolute atomic E-state index is 0. The fourth-order valence-corrected chi connectivity index (χ4v) is 13.9. The maximum Gasteiger partial charge on any atom is 1.00 e. The Balaban J connectivity index is 0.000000232. The first-order valence-corrected chi connectivity index (χ1v) is 40.8. The minimum atomic E-state index is -3.11. The maximum atomic E-state index is 13.2. The molecule has 0 saturated carbocycles. The van der Waals surface area contributed by atoms with Crippen molar-refractivity contribution in [3.8, 4) is 17.2 Å². The molecule has 16 rings (SSSR count). The van der Waals surface area contributed by atoms with Gasteiger partial charge in [-0.05, 0) is 101 Å². The summed E-state index contributed by atoms with van der Waals surface area (Å²) in [5, 5.41) is 15.5. The van der Waals surface area contributed by atoms with E-state index in [1.807, 2.05) is 54.8 Å². The summed E-state index contributed by atoms with van der Waals surface area (Å²) in [5.41, 5.74) is 9.97. The molecule has 0 atom stereocenters. The number of benzene rings is 8. The van der Waals surface area contributed by atoms with Crippen molar-refractivity contribution >= 4 is 114 Å². The fraction of sp³-hybridized carbons (Fsp3) is 0.226. The summed E-state index contributed by atoms with van der Waals surface area (Å²) in [6.07, 6.45) is 10.3. The number of phenolic OH excluding ortho intramolecular Hbond substituents is 1. The van der Waals surface area contributed by atoms with Crippen LogP contribution in [0.1, 0.15) is 177 Å². The van der Waals surface area contributed by atoms with Crippen molar-refractivity contribution in [1.29, 1.82) is 0 Å². The molecule has 2 aliphatic heterocycles.